The van der Waals surface area contributed by atoms with E-state index in [4.69, 9.17) is 0 Å². The zero-order valence-corrected chi connectivity index (χ0v) is 14.8. The fourth-order valence-corrected chi connectivity index (χ4v) is 3.64. The lowest BCUT2D eigenvalue weighted by Crippen LogP contribution is -2.05. The number of aliphatic hydroxyl groups excluding tert-OH is 1. The number of aryl methyl sites for hydroxylation is 1. The number of hydrogen-bond acceptors (Lipinski definition) is 3. The normalized spacial score (nSPS) is 12.7. The van der Waals surface area contributed by atoms with E-state index in [2.05, 4.69) is 38.6 Å². The zero-order valence-electron chi connectivity index (χ0n) is 14.8. The van der Waals surface area contributed by atoms with E-state index in [1.54, 1.807) is 12.5 Å². The van der Waals surface area contributed by atoms with Gasteiger partial charge in [0.1, 0.15) is 11.8 Å². The Kier molecular flexibility index (Phi) is 3.55. The first-order valence-corrected chi connectivity index (χ1v) is 8.82. The summed E-state index contributed by atoms with van der Waals surface area (Å²) in [7, 11) is 1.89. The molecule has 0 spiro atoms. The van der Waals surface area contributed by atoms with Gasteiger partial charge in [0.25, 0.3) is 0 Å². The van der Waals surface area contributed by atoms with Crippen LogP contribution in [0.3, 0.4) is 0 Å². The molecule has 132 valence electrons. The van der Waals surface area contributed by atoms with Crippen molar-refractivity contribution in [3.8, 4) is 11.1 Å². The molecule has 5 aromatic rings. The van der Waals surface area contributed by atoms with Gasteiger partial charge in [-0.2, -0.15) is 0 Å². The topological polar surface area (TPSA) is 55.3 Å². The molecular formula is C22H18N4O. The molecule has 2 aromatic carbocycles. The second kappa shape index (κ2) is 6.07. The Morgan fingerprint density at radius 1 is 1.04 bits per heavy atom. The first-order chi connectivity index (χ1) is 13.2. The van der Waals surface area contributed by atoms with E-state index in [0.29, 0.717) is 0 Å². The van der Waals surface area contributed by atoms with Crippen molar-refractivity contribution in [3.63, 3.8) is 0 Å². The summed E-state index contributed by atoms with van der Waals surface area (Å²) in [6.45, 7) is 0. The van der Waals surface area contributed by atoms with Gasteiger partial charge in [-0.1, -0.05) is 36.4 Å². The average molecular weight is 354 g/mol. The molecule has 0 saturated heterocycles. The summed E-state index contributed by atoms with van der Waals surface area (Å²) < 4.78 is 3.91. The molecule has 1 N–H and O–H groups in total. The number of imidazole rings is 2. The number of aromatic nitrogens is 4. The van der Waals surface area contributed by atoms with Gasteiger partial charge in [-0.05, 0) is 34.9 Å². The van der Waals surface area contributed by atoms with Crippen molar-refractivity contribution >= 4 is 16.6 Å². The van der Waals surface area contributed by atoms with Crippen molar-refractivity contribution in [1.82, 2.24) is 18.9 Å². The van der Waals surface area contributed by atoms with Crippen LogP contribution in [0.4, 0.5) is 0 Å². The van der Waals surface area contributed by atoms with Crippen LogP contribution in [0.5, 0.6) is 0 Å². The Bertz CT molecular complexity index is 1250. The molecule has 5 heteroatoms. The highest BCUT2D eigenvalue weighted by Crippen LogP contribution is 2.33. The molecule has 0 radical (unpaired) electrons. The lowest BCUT2D eigenvalue weighted by molar-refractivity contribution is 0.211. The Morgan fingerprint density at radius 3 is 2.67 bits per heavy atom. The molecule has 1 unspecified atom stereocenters. The third kappa shape index (κ3) is 2.52. The number of fused-ring (bicyclic) bond motifs is 3. The maximum atomic E-state index is 10.9. The van der Waals surface area contributed by atoms with E-state index < -0.39 is 6.10 Å². The fraction of sp³-hybridized carbons (Fsp3) is 0.0909. The molecule has 0 bridgehead atoms. The highest BCUT2D eigenvalue weighted by molar-refractivity contribution is 5.97. The lowest BCUT2D eigenvalue weighted by atomic mass is 9.97. The van der Waals surface area contributed by atoms with Gasteiger partial charge in [0, 0.05) is 24.8 Å². The Morgan fingerprint density at radius 2 is 1.89 bits per heavy atom. The van der Waals surface area contributed by atoms with Crippen LogP contribution in [-0.4, -0.2) is 24.0 Å². The lowest BCUT2D eigenvalue weighted by Gasteiger charge is -2.15. The number of nitrogens with zero attached hydrogens (tertiary/aromatic N) is 4. The predicted molar refractivity (Wildman–Crippen MR) is 105 cm³/mol. The average Bonchev–Trinajstić information content (AvgIpc) is 3.35. The van der Waals surface area contributed by atoms with Crippen LogP contribution < -0.4 is 0 Å². The molecule has 3 heterocycles. The van der Waals surface area contributed by atoms with E-state index in [0.717, 1.165) is 38.9 Å². The van der Waals surface area contributed by atoms with Crippen LogP contribution in [0.25, 0.3) is 27.7 Å². The first-order valence-electron chi connectivity index (χ1n) is 8.82. The summed E-state index contributed by atoms with van der Waals surface area (Å²) in [4.78, 5) is 8.59. The maximum Gasteiger partial charge on any atom is 0.137 e. The molecule has 3 aromatic heterocycles. The molecule has 0 saturated carbocycles. The van der Waals surface area contributed by atoms with Crippen LogP contribution in [-0.2, 0) is 7.05 Å². The van der Waals surface area contributed by atoms with Crippen LogP contribution in [0.1, 0.15) is 17.4 Å². The highest BCUT2D eigenvalue weighted by Gasteiger charge is 2.16. The SMILES string of the molecule is Cn1cncc1C(O)c1ccc2c(c1)c(-c1ccccc1)cc1nccn12. The maximum absolute atomic E-state index is 10.9. The van der Waals surface area contributed by atoms with Crippen LogP contribution >= 0.6 is 0 Å². The molecule has 27 heavy (non-hydrogen) atoms. The van der Waals surface area contributed by atoms with E-state index in [1.165, 1.54) is 0 Å². The van der Waals surface area contributed by atoms with Gasteiger partial charge < -0.3 is 9.67 Å². The van der Waals surface area contributed by atoms with Gasteiger partial charge in [0.2, 0.25) is 0 Å². The molecule has 0 amide bonds. The summed E-state index contributed by atoms with van der Waals surface area (Å²) >= 11 is 0. The molecule has 5 nitrogen and oxygen atoms in total. The van der Waals surface area contributed by atoms with Crippen molar-refractivity contribution in [2.45, 2.75) is 6.10 Å². The quantitative estimate of drug-likeness (QED) is 0.533. The van der Waals surface area contributed by atoms with Gasteiger partial charge in [0.05, 0.1) is 23.7 Å². The third-order valence-corrected chi connectivity index (χ3v) is 5.05. The number of benzene rings is 2. The Labute approximate surface area is 156 Å². The largest absolute Gasteiger partial charge is 0.382 e. The number of hydrogen-bond donors (Lipinski definition) is 1. The van der Waals surface area contributed by atoms with Crippen molar-refractivity contribution < 1.29 is 5.11 Å². The summed E-state index contributed by atoms with van der Waals surface area (Å²) in [6.07, 6.45) is 6.44. The molecule has 5 rings (SSSR count). The minimum absolute atomic E-state index is 0.732. The Balaban J connectivity index is 1.78. The smallest absolute Gasteiger partial charge is 0.137 e. The summed E-state index contributed by atoms with van der Waals surface area (Å²) in [5.41, 5.74) is 5.79. The van der Waals surface area contributed by atoms with Crippen molar-refractivity contribution in [1.29, 1.82) is 0 Å². The van der Waals surface area contributed by atoms with E-state index >= 15 is 0 Å². The summed E-state index contributed by atoms with van der Waals surface area (Å²) in [6, 6.07) is 18.4. The van der Waals surface area contributed by atoms with Gasteiger partial charge in [-0.25, -0.2) is 9.97 Å². The molecule has 0 fully saturated rings. The number of aliphatic hydroxyl groups is 1. The summed E-state index contributed by atoms with van der Waals surface area (Å²) in [5.74, 6) is 0. The fourth-order valence-electron chi connectivity index (χ4n) is 3.64. The van der Waals surface area contributed by atoms with E-state index in [-0.39, 0.29) is 0 Å². The molecule has 0 aliphatic carbocycles. The van der Waals surface area contributed by atoms with E-state index in [1.807, 2.05) is 54.3 Å². The second-order valence-electron chi connectivity index (χ2n) is 6.69. The summed E-state index contributed by atoms with van der Waals surface area (Å²) in [5, 5.41) is 12.0. The second-order valence-corrected chi connectivity index (χ2v) is 6.69. The van der Waals surface area contributed by atoms with Crippen LogP contribution in [0.2, 0.25) is 0 Å². The van der Waals surface area contributed by atoms with Crippen molar-refractivity contribution in [2.75, 3.05) is 0 Å². The first kappa shape index (κ1) is 15.8. The number of pyridine rings is 1. The predicted octanol–water partition coefficient (Wildman–Crippen LogP) is 3.97. The molecule has 0 aliphatic rings. The van der Waals surface area contributed by atoms with Gasteiger partial charge in [-0.15, -0.1) is 0 Å². The van der Waals surface area contributed by atoms with Crippen molar-refractivity contribution in [3.05, 3.63) is 90.8 Å². The van der Waals surface area contributed by atoms with Gasteiger partial charge in [-0.3, -0.25) is 4.40 Å². The van der Waals surface area contributed by atoms with Crippen LogP contribution in [0, 0.1) is 0 Å². The van der Waals surface area contributed by atoms with Gasteiger partial charge in [0.15, 0.2) is 0 Å². The zero-order chi connectivity index (χ0) is 18.4. The van der Waals surface area contributed by atoms with Gasteiger partial charge >= 0.3 is 0 Å². The Hall–Kier alpha value is -3.44. The third-order valence-electron chi connectivity index (χ3n) is 5.05. The van der Waals surface area contributed by atoms with Crippen LogP contribution in [0.15, 0.2) is 79.5 Å². The van der Waals surface area contributed by atoms with Crippen molar-refractivity contribution in [2.24, 2.45) is 7.05 Å². The molecule has 1 atom stereocenters. The molecular weight excluding hydrogens is 336 g/mol. The van der Waals surface area contributed by atoms with E-state index in [9.17, 15) is 5.11 Å². The number of rotatable bonds is 3. The monoisotopic (exact) mass is 354 g/mol. The molecule has 0 aliphatic heterocycles. The highest BCUT2D eigenvalue weighted by atomic mass is 16.3. The standard InChI is InChI=1S/C22H18N4O/c1-25-14-23-13-20(25)22(27)16-7-8-19-18(11-16)17(15-5-3-2-4-6-15)12-21-24-9-10-26(19)21/h2-14,22,27H,1H3. The minimum Gasteiger partial charge on any atom is -0.382 e. The minimum atomic E-state index is -0.732.